The number of carbonyl (C=O) groups is 1. The van der Waals surface area contributed by atoms with Gasteiger partial charge in [-0.05, 0) is 36.1 Å². The standard InChI is InChI=1S/C18H21NO3/c1-4-22-18(21)16-9-8-15(19-17(16)20)11-13-6-5-7-14(10-13)12(2)3/h5-10,12H,4,11H2,1-3H3,(H,19,20). The number of esters is 1. The summed E-state index contributed by atoms with van der Waals surface area (Å²) in [6.07, 6.45) is 0.624. The third-order valence-electron chi connectivity index (χ3n) is 3.48. The fourth-order valence-corrected chi connectivity index (χ4v) is 2.27. The van der Waals surface area contributed by atoms with Crippen molar-refractivity contribution in [1.82, 2.24) is 4.98 Å². The maximum Gasteiger partial charge on any atom is 0.343 e. The lowest BCUT2D eigenvalue weighted by atomic mass is 9.99. The first-order valence-electron chi connectivity index (χ1n) is 7.49. The Bertz CT molecular complexity index is 716. The van der Waals surface area contributed by atoms with E-state index in [1.165, 1.54) is 11.6 Å². The highest BCUT2D eigenvalue weighted by Gasteiger charge is 2.12. The fraction of sp³-hybridized carbons (Fsp3) is 0.333. The summed E-state index contributed by atoms with van der Waals surface area (Å²) in [7, 11) is 0. The minimum absolute atomic E-state index is 0.0431. The molecule has 0 aliphatic rings. The number of hydrogen-bond donors (Lipinski definition) is 1. The number of benzene rings is 1. The summed E-state index contributed by atoms with van der Waals surface area (Å²) < 4.78 is 4.85. The first kappa shape index (κ1) is 16.0. The molecule has 0 spiro atoms. The smallest absolute Gasteiger partial charge is 0.343 e. The molecule has 4 heteroatoms. The highest BCUT2D eigenvalue weighted by molar-refractivity contribution is 5.88. The van der Waals surface area contributed by atoms with E-state index in [0.29, 0.717) is 12.3 Å². The maximum absolute atomic E-state index is 12.0. The molecule has 0 saturated carbocycles. The van der Waals surface area contributed by atoms with E-state index in [2.05, 4.69) is 31.0 Å². The van der Waals surface area contributed by atoms with Crippen LogP contribution in [-0.2, 0) is 11.2 Å². The SMILES string of the molecule is CCOC(=O)c1ccc(Cc2cccc(C(C)C)c2)[nH]c1=O. The Balaban J connectivity index is 2.21. The predicted molar refractivity (Wildman–Crippen MR) is 86.4 cm³/mol. The summed E-state index contributed by atoms with van der Waals surface area (Å²) in [5.41, 5.74) is 2.81. The van der Waals surface area contributed by atoms with E-state index in [1.807, 2.05) is 12.1 Å². The first-order chi connectivity index (χ1) is 10.5. The molecule has 1 N–H and O–H groups in total. The molecule has 0 atom stereocenters. The average Bonchev–Trinajstić information content (AvgIpc) is 2.47. The van der Waals surface area contributed by atoms with Crippen LogP contribution < -0.4 is 5.56 Å². The van der Waals surface area contributed by atoms with Crippen LogP contribution in [0.3, 0.4) is 0 Å². The van der Waals surface area contributed by atoms with E-state index in [1.54, 1.807) is 13.0 Å². The molecule has 2 rings (SSSR count). The van der Waals surface area contributed by atoms with Gasteiger partial charge in [0.2, 0.25) is 0 Å². The zero-order chi connectivity index (χ0) is 16.1. The number of nitrogens with one attached hydrogen (secondary N) is 1. The highest BCUT2D eigenvalue weighted by Crippen LogP contribution is 2.17. The van der Waals surface area contributed by atoms with Gasteiger partial charge in [0.25, 0.3) is 5.56 Å². The number of carbonyl (C=O) groups excluding carboxylic acids is 1. The monoisotopic (exact) mass is 299 g/mol. The lowest BCUT2D eigenvalue weighted by Crippen LogP contribution is -2.20. The molecule has 22 heavy (non-hydrogen) atoms. The normalized spacial score (nSPS) is 10.7. The van der Waals surface area contributed by atoms with Crippen molar-refractivity contribution in [1.29, 1.82) is 0 Å². The molecule has 0 bridgehead atoms. The van der Waals surface area contributed by atoms with Crippen LogP contribution in [0, 0.1) is 0 Å². The number of H-pyrrole nitrogens is 1. The zero-order valence-electron chi connectivity index (χ0n) is 13.2. The number of hydrogen-bond acceptors (Lipinski definition) is 3. The van der Waals surface area contributed by atoms with Crippen molar-refractivity contribution in [3.8, 4) is 0 Å². The van der Waals surface area contributed by atoms with Gasteiger partial charge in [-0.1, -0.05) is 38.1 Å². The van der Waals surface area contributed by atoms with Crippen molar-refractivity contribution >= 4 is 5.97 Å². The Labute approximate surface area is 130 Å². The average molecular weight is 299 g/mol. The molecule has 0 amide bonds. The summed E-state index contributed by atoms with van der Waals surface area (Å²) in [6.45, 7) is 6.26. The third kappa shape index (κ3) is 3.85. The van der Waals surface area contributed by atoms with Gasteiger partial charge in [-0.15, -0.1) is 0 Å². The van der Waals surface area contributed by atoms with Gasteiger partial charge >= 0.3 is 5.97 Å². The van der Waals surface area contributed by atoms with Crippen molar-refractivity contribution in [3.63, 3.8) is 0 Å². The molecule has 116 valence electrons. The summed E-state index contributed by atoms with van der Waals surface area (Å²) >= 11 is 0. The van der Waals surface area contributed by atoms with E-state index < -0.39 is 11.5 Å². The van der Waals surface area contributed by atoms with E-state index in [4.69, 9.17) is 4.74 Å². The lowest BCUT2D eigenvalue weighted by molar-refractivity contribution is 0.0524. The number of ether oxygens (including phenoxy) is 1. The van der Waals surface area contributed by atoms with E-state index in [0.717, 1.165) is 11.3 Å². The van der Waals surface area contributed by atoms with E-state index in [9.17, 15) is 9.59 Å². The maximum atomic E-state index is 12.0. The van der Waals surface area contributed by atoms with Gasteiger partial charge in [-0.25, -0.2) is 4.79 Å². The largest absolute Gasteiger partial charge is 0.462 e. The fourth-order valence-electron chi connectivity index (χ4n) is 2.27. The second kappa shape index (κ2) is 7.07. The van der Waals surface area contributed by atoms with Gasteiger partial charge in [0, 0.05) is 12.1 Å². The van der Waals surface area contributed by atoms with Crippen LogP contribution in [0.15, 0.2) is 41.2 Å². The number of aromatic amines is 1. The number of aromatic nitrogens is 1. The van der Waals surface area contributed by atoms with Crippen LogP contribution in [-0.4, -0.2) is 17.6 Å². The molecule has 0 unspecified atom stereocenters. The van der Waals surface area contributed by atoms with Crippen LogP contribution >= 0.6 is 0 Å². The Morgan fingerprint density at radius 2 is 2.00 bits per heavy atom. The van der Waals surface area contributed by atoms with Crippen LogP contribution in [0.2, 0.25) is 0 Å². The van der Waals surface area contributed by atoms with Gasteiger partial charge in [0.15, 0.2) is 0 Å². The van der Waals surface area contributed by atoms with Gasteiger partial charge in [-0.3, -0.25) is 4.79 Å². The van der Waals surface area contributed by atoms with Crippen LogP contribution in [0.4, 0.5) is 0 Å². The third-order valence-corrected chi connectivity index (χ3v) is 3.48. The van der Waals surface area contributed by atoms with E-state index >= 15 is 0 Å². The van der Waals surface area contributed by atoms with Crippen molar-refractivity contribution in [2.45, 2.75) is 33.1 Å². The molecular formula is C18H21NO3. The summed E-state index contributed by atoms with van der Waals surface area (Å²) in [5, 5.41) is 0. The van der Waals surface area contributed by atoms with Crippen molar-refractivity contribution in [2.24, 2.45) is 0 Å². The second-order valence-corrected chi connectivity index (χ2v) is 5.52. The first-order valence-corrected chi connectivity index (χ1v) is 7.49. The van der Waals surface area contributed by atoms with Gasteiger partial charge in [0.1, 0.15) is 5.56 Å². The molecule has 0 saturated heterocycles. The van der Waals surface area contributed by atoms with Gasteiger partial charge in [0.05, 0.1) is 6.61 Å². The second-order valence-electron chi connectivity index (χ2n) is 5.52. The number of pyridine rings is 1. The highest BCUT2D eigenvalue weighted by atomic mass is 16.5. The summed E-state index contributed by atoms with van der Waals surface area (Å²) in [4.78, 5) is 26.3. The summed E-state index contributed by atoms with van der Waals surface area (Å²) in [5.74, 6) is -0.123. The predicted octanol–water partition coefficient (Wildman–Crippen LogP) is 3.27. The molecule has 0 radical (unpaired) electrons. The van der Waals surface area contributed by atoms with Crippen molar-refractivity contribution in [2.75, 3.05) is 6.61 Å². The molecule has 0 aliphatic carbocycles. The van der Waals surface area contributed by atoms with Crippen LogP contribution in [0.25, 0.3) is 0 Å². The molecule has 1 aromatic carbocycles. The lowest BCUT2D eigenvalue weighted by Gasteiger charge is -2.08. The Morgan fingerprint density at radius 1 is 1.23 bits per heavy atom. The molecule has 0 aliphatic heterocycles. The topological polar surface area (TPSA) is 59.2 Å². The van der Waals surface area contributed by atoms with Crippen molar-refractivity contribution in [3.05, 3.63) is 69.1 Å². The quantitative estimate of drug-likeness (QED) is 0.862. The van der Waals surface area contributed by atoms with Crippen LogP contribution in [0.5, 0.6) is 0 Å². The molecule has 1 heterocycles. The molecule has 0 fully saturated rings. The Kier molecular flexibility index (Phi) is 5.15. The van der Waals surface area contributed by atoms with Gasteiger partial charge < -0.3 is 9.72 Å². The minimum atomic E-state index is -0.586. The Hall–Kier alpha value is -2.36. The zero-order valence-corrected chi connectivity index (χ0v) is 13.2. The molecule has 2 aromatic rings. The minimum Gasteiger partial charge on any atom is -0.462 e. The molecule has 1 aromatic heterocycles. The molecular weight excluding hydrogens is 278 g/mol. The Morgan fingerprint density at radius 3 is 2.64 bits per heavy atom. The van der Waals surface area contributed by atoms with E-state index in [-0.39, 0.29) is 12.2 Å². The van der Waals surface area contributed by atoms with Crippen molar-refractivity contribution < 1.29 is 9.53 Å². The summed E-state index contributed by atoms with van der Waals surface area (Å²) in [6, 6.07) is 11.6. The van der Waals surface area contributed by atoms with Gasteiger partial charge in [-0.2, -0.15) is 0 Å². The van der Waals surface area contributed by atoms with Crippen LogP contribution in [0.1, 0.15) is 53.9 Å². The molecule has 4 nitrogen and oxygen atoms in total. The number of rotatable bonds is 5.